The van der Waals surface area contributed by atoms with Crippen LogP contribution in [0.4, 0.5) is 0 Å². The van der Waals surface area contributed by atoms with Gasteiger partial charge in [-0.2, -0.15) is 0 Å². The molecule has 0 radical (unpaired) electrons. The van der Waals surface area contributed by atoms with Crippen LogP contribution in [0.3, 0.4) is 0 Å². The highest BCUT2D eigenvalue weighted by Crippen LogP contribution is 2.21. The number of benzene rings is 1. The minimum atomic E-state index is -1.06. The summed E-state index contributed by atoms with van der Waals surface area (Å²) < 4.78 is 0. The summed E-state index contributed by atoms with van der Waals surface area (Å²) in [7, 11) is 0. The number of H-pyrrole nitrogens is 2. The summed E-state index contributed by atoms with van der Waals surface area (Å²) >= 11 is 0. The molecule has 3 heterocycles. The fraction of sp³-hybridized carbons (Fsp3) is 0.464. The van der Waals surface area contributed by atoms with Crippen LogP contribution in [-0.4, -0.2) is 79.4 Å². The monoisotopic (exact) mass is 551 g/mol. The number of carboxylic acid groups (broad SMARTS) is 1. The molecule has 3 aromatic rings. The van der Waals surface area contributed by atoms with E-state index >= 15 is 0 Å². The first-order valence-electron chi connectivity index (χ1n) is 13.6. The van der Waals surface area contributed by atoms with Crippen LogP contribution in [0.1, 0.15) is 44.4 Å². The number of likely N-dealkylation sites (tertiary alicyclic amines) is 1. The molecule has 214 valence electrons. The second-order valence-corrected chi connectivity index (χ2v) is 10.7. The van der Waals surface area contributed by atoms with Gasteiger partial charge >= 0.3 is 5.97 Å². The van der Waals surface area contributed by atoms with E-state index in [1.165, 1.54) is 11.2 Å². The molecule has 1 fully saturated rings. The Morgan fingerprint density at radius 1 is 1.10 bits per heavy atom. The fourth-order valence-electron chi connectivity index (χ4n) is 5.19. The van der Waals surface area contributed by atoms with Gasteiger partial charge in [0.15, 0.2) is 0 Å². The third kappa shape index (κ3) is 6.87. The number of nitrogens with zero attached hydrogens (tertiary/aromatic N) is 2. The lowest BCUT2D eigenvalue weighted by Crippen LogP contribution is -2.58. The molecular formula is C28H37N7O5. The Morgan fingerprint density at radius 2 is 1.85 bits per heavy atom. The van der Waals surface area contributed by atoms with Crippen LogP contribution in [0.15, 0.2) is 43.0 Å². The topological polar surface area (TPSA) is 186 Å². The molecule has 2 aromatic heterocycles. The standard InChI is InChI=1S/C28H37N7O5/c1-16(2)10-23(27(38)35-9-5-8-24(35)28(39)40)34-26(37)22(12-18-14-30-15-32-18)33-25(36)20(29)11-17-13-31-21-7-4-3-6-19(17)21/h3-4,6-7,13-16,20,22-24,31H,5,8-12,29H2,1-2H3,(H,30,32)(H,33,36)(H,34,37)(H,39,40). The van der Waals surface area contributed by atoms with E-state index in [4.69, 9.17) is 5.73 Å². The normalized spacial score (nSPS) is 17.5. The lowest BCUT2D eigenvalue weighted by molar-refractivity contribution is -0.149. The second-order valence-electron chi connectivity index (χ2n) is 10.7. The van der Waals surface area contributed by atoms with Crippen molar-refractivity contribution in [3.8, 4) is 0 Å². The van der Waals surface area contributed by atoms with Crippen LogP contribution in [-0.2, 0) is 32.0 Å². The molecule has 4 atom stereocenters. The van der Waals surface area contributed by atoms with E-state index in [1.807, 2.05) is 44.3 Å². The van der Waals surface area contributed by atoms with E-state index in [-0.39, 0.29) is 18.8 Å². The van der Waals surface area contributed by atoms with Crippen LogP contribution in [0.2, 0.25) is 0 Å². The molecule has 7 N–H and O–H groups in total. The van der Waals surface area contributed by atoms with E-state index in [9.17, 15) is 24.3 Å². The molecule has 1 saturated heterocycles. The first-order valence-corrected chi connectivity index (χ1v) is 13.6. The minimum Gasteiger partial charge on any atom is -0.480 e. The molecule has 1 aliphatic heterocycles. The van der Waals surface area contributed by atoms with Gasteiger partial charge in [0.05, 0.1) is 12.4 Å². The van der Waals surface area contributed by atoms with Gasteiger partial charge in [0.2, 0.25) is 17.7 Å². The lowest BCUT2D eigenvalue weighted by atomic mass is 10.0. The number of aromatic nitrogens is 3. The molecule has 12 heteroatoms. The number of nitrogens with one attached hydrogen (secondary N) is 4. The molecule has 12 nitrogen and oxygen atoms in total. The van der Waals surface area contributed by atoms with E-state index in [1.54, 1.807) is 6.20 Å². The SMILES string of the molecule is CC(C)CC(NC(=O)C(Cc1cnc[nH]1)NC(=O)C(N)Cc1c[nH]c2ccccc12)C(=O)N1CCCC1C(=O)O. The number of rotatable bonds is 12. The number of fused-ring (bicyclic) bond motifs is 1. The molecule has 1 aromatic carbocycles. The number of aromatic amines is 2. The van der Waals surface area contributed by atoms with Crippen molar-refractivity contribution in [2.45, 2.75) is 70.1 Å². The summed E-state index contributed by atoms with van der Waals surface area (Å²) in [6, 6.07) is 3.88. The number of imidazole rings is 1. The van der Waals surface area contributed by atoms with E-state index < -0.39 is 47.9 Å². The van der Waals surface area contributed by atoms with Crippen molar-refractivity contribution in [2.75, 3.05) is 6.54 Å². The Hall–Kier alpha value is -4.19. The van der Waals surface area contributed by atoms with Crippen molar-refractivity contribution >= 4 is 34.6 Å². The van der Waals surface area contributed by atoms with Crippen molar-refractivity contribution < 1.29 is 24.3 Å². The van der Waals surface area contributed by atoms with Gasteiger partial charge in [0.25, 0.3) is 0 Å². The van der Waals surface area contributed by atoms with Crippen molar-refractivity contribution in [3.05, 3.63) is 54.2 Å². The maximum absolute atomic E-state index is 13.6. The number of hydrogen-bond acceptors (Lipinski definition) is 6. The Bertz CT molecular complexity index is 1340. The number of para-hydroxylation sites is 1. The zero-order valence-electron chi connectivity index (χ0n) is 22.7. The molecule has 0 bridgehead atoms. The molecule has 0 aliphatic carbocycles. The maximum Gasteiger partial charge on any atom is 0.326 e. The zero-order chi connectivity index (χ0) is 28.8. The first-order chi connectivity index (χ1) is 19.1. The summed E-state index contributed by atoms with van der Waals surface area (Å²) in [6.45, 7) is 4.15. The van der Waals surface area contributed by atoms with Crippen LogP contribution < -0.4 is 16.4 Å². The van der Waals surface area contributed by atoms with Gasteiger partial charge in [-0.1, -0.05) is 32.0 Å². The smallest absolute Gasteiger partial charge is 0.326 e. The van der Waals surface area contributed by atoms with Crippen LogP contribution in [0.5, 0.6) is 0 Å². The highest BCUT2D eigenvalue weighted by Gasteiger charge is 2.38. The van der Waals surface area contributed by atoms with Gasteiger partial charge < -0.3 is 36.3 Å². The van der Waals surface area contributed by atoms with Gasteiger partial charge in [-0.05, 0) is 43.2 Å². The minimum absolute atomic E-state index is 0.0466. The van der Waals surface area contributed by atoms with Crippen molar-refractivity contribution in [1.82, 2.24) is 30.5 Å². The molecule has 0 spiro atoms. The number of amides is 3. The highest BCUT2D eigenvalue weighted by molar-refractivity contribution is 5.94. The highest BCUT2D eigenvalue weighted by atomic mass is 16.4. The first kappa shape index (κ1) is 28.8. The third-order valence-corrected chi connectivity index (χ3v) is 7.21. The molecule has 40 heavy (non-hydrogen) atoms. The predicted molar refractivity (Wildman–Crippen MR) is 148 cm³/mol. The summed E-state index contributed by atoms with van der Waals surface area (Å²) in [5, 5.41) is 16.1. The molecular weight excluding hydrogens is 514 g/mol. The van der Waals surface area contributed by atoms with Gasteiger partial charge in [-0.3, -0.25) is 14.4 Å². The predicted octanol–water partition coefficient (Wildman–Crippen LogP) is 1.09. The lowest BCUT2D eigenvalue weighted by Gasteiger charge is -2.29. The largest absolute Gasteiger partial charge is 0.480 e. The maximum atomic E-state index is 13.6. The molecule has 4 rings (SSSR count). The number of carbonyl (C=O) groups excluding carboxylic acids is 3. The number of hydrogen-bond donors (Lipinski definition) is 6. The average molecular weight is 552 g/mol. The number of aliphatic carboxylic acids is 1. The van der Waals surface area contributed by atoms with E-state index in [0.29, 0.717) is 31.5 Å². The zero-order valence-corrected chi connectivity index (χ0v) is 22.7. The Morgan fingerprint density at radius 3 is 2.55 bits per heavy atom. The van der Waals surface area contributed by atoms with Gasteiger partial charge in [0.1, 0.15) is 18.1 Å². The van der Waals surface area contributed by atoms with Crippen molar-refractivity contribution in [3.63, 3.8) is 0 Å². The second kappa shape index (κ2) is 12.8. The summed E-state index contributed by atoms with van der Waals surface area (Å²) in [5.74, 6) is -2.52. The molecule has 0 saturated carbocycles. The Kier molecular flexibility index (Phi) is 9.20. The number of carboxylic acids is 1. The van der Waals surface area contributed by atoms with Crippen molar-refractivity contribution in [1.29, 1.82) is 0 Å². The number of nitrogens with two attached hydrogens (primary N) is 1. The summed E-state index contributed by atoms with van der Waals surface area (Å²) in [4.78, 5) is 63.2. The fourth-order valence-corrected chi connectivity index (χ4v) is 5.19. The van der Waals surface area contributed by atoms with Gasteiger partial charge in [0, 0.05) is 42.0 Å². The number of carbonyl (C=O) groups is 4. The third-order valence-electron chi connectivity index (χ3n) is 7.21. The summed E-state index contributed by atoms with van der Waals surface area (Å²) in [6.07, 6.45) is 6.47. The molecule has 3 amide bonds. The van der Waals surface area contributed by atoms with Crippen molar-refractivity contribution in [2.24, 2.45) is 11.7 Å². The van der Waals surface area contributed by atoms with Crippen LogP contribution >= 0.6 is 0 Å². The Balaban J connectivity index is 1.49. The van der Waals surface area contributed by atoms with E-state index in [2.05, 4.69) is 25.6 Å². The van der Waals surface area contributed by atoms with Crippen LogP contribution in [0.25, 0.3) is 10.9 Å². The van der Waals surface area contributed by atoms with E-state index in [0.717, 1.165) is 16.5 Å². The summed E-state index contributed by atoms with van der Waals surface area (Å²) in [5.41, 5.74) is 8.70. The Labute approximate surface area is 232 Å². The van der Waals surface area contributed by atoms with Crippen LogP contribution in [0, 0.1) is 5.92 Å². The quantitative estimate of drug-likeness (QED) is 0.194. The van der Waals surface area contributed by atoms with Gasteiger partial charge in [-0.25, -0.2) is 9.78 Å². The van der Waals surface area contributed by atoms with Gasteiger partial charge in [-0.15, -0.1) is 0 Å². The average Bonchev–Trinajstić information content (AvgIpc) is 3.69. The molecule has 1 aliphatic rings. The molecule has 4 unspecified atom stereocenters.